The maximum atomic E-state index is 12.6. The number of hydrogen-bond acceptors (Lipinski definition) is 7. The molecule has 0 aliphatic carbocycles. The molecule has 0 aromatic heterocycles. The van der Waals surface area contributed by atoms with Gasteiger partial charge in [0.05, 0.1) is 17.7 Å². The molecular weight excluding hydrogens is 488 g/mol. The molecule has 0 spiro atoms. The largest absolute Gasteiger partial charge is 0.495 e. The first-order valence-corrected chi connectivity index (χ1v) is 10.7. The molecule has 0 atom stereocenters. The summed E-state index contributed by atoms with van der Waals surface area (Å²) in [5.41, 5.74) is 0.359. The van der Waals surface area contributed by atoms with Crippen molar-refractivity contribution in [1.29, 1.82) is 5.26 Å². The van der Waals surface area contributed by atoms with E-state index in [4.69, 9.17) is 21.1 Å². The molecule has 182 valence electrons. The number of nitro groups is 1. The number of methoxy groups -OCH3 is 1. The van der Waals surface area contributed by atoms with Crippen LogP contribution in [-0.4, -0.2) is 30.5 Å². The van der Waals surface area contributed by atoms with Gasteiger partial charge in [-0.25, -0.2) is 0 Å². The van der Waals surface area contributed by atoms with Crippen molar-refractivity contribution < 1.29 is 24.0 Å². The lowest BCUT2D eigenvalue weighted by atomic mass is 10.1. The van der Waals surface area contributed by atoms with Gasteiger partial charge in [0, 0.05) is 28.4 Å². The highest BCUT2D eigenvalue weighted by molar-refractivity contribution is 6.30. The molecule has 10 nitrogen and oxygen atoms in total. The first-order chi connectivity index (χ1) is 17.3. The van der Waals surface area contributed by atoms with Gasteiger partial charge in [-0.15, -0.1) is 0 Å². The predicted octanol–water partition coefficient (Wildman–Crippen LogP) is 4.82. The molecule has 0 heterocycles. The summed E-state index contributed by atoms with van der Waals surface area (Å²) in [7, 11) is 1.48. The zero-order valence-electron chi connectivity index (χ0n) is 18.9. The molecule has 2 N–H and O–H groups in total. The Kier molecular flexibility index (Phi) is 8.58. The van der Waals surface area contributed by atoms with E-state index in [1.807, 2.05) is 0 Å². The molecule has 3 rings (SSSR count). The second-order valence-electron chi connectivity index (χ2n) is 7.15. The molecule has 3 aromatic carbocycles. The number of nitrogens with one attached hydrogen (secondary N) is 2. The summed E-state index contributed by atoms with van der Waals surface area (Å²) in [6.45, 7) is -0.373. The molecule has 2 amide bonds. The van der Waals surface area contributed by atoms with Crippen molar-refractivity contribution in [3.8, 4) is 17.6 Å². The summed E-state index contributed by atoms with van der Waals surface area (Å²) in [5, 5.41) is 25.9. The number of benzene rings is 3. The molecular formula is C25H19ClN4O6. The molecule has 3 aromatic rings. The van der Waals surface area contributed by atoms with Gasteiger partial charge in [-0.1, -0.05) is 29.8 Å². The minimum atomic E-state index is -0.794. The fourth-order valence-corrected chi connectivity index (χ4v) is 3.22. The average molecular weight is 507 g/mol. The van der Waals surface area contributed by atoms with Crippen LogP contribution in [0.1, 0.15) is 5.56 Å². The highest BCUT2D eigenvalue weighted by Crippen LogP contribution is 2.27. The standard InChI is InChI=1S/C25H19ClN4O6/c1-35-23-8-3-2-7-21(23)29-24(31)15-36-22-10-9-18(26)12-16(22)11-17(14-27)25(32)28-19-5-4-6-20(13-19)30(33)34/h2-13H,15H2,1H3,(H,28,32)(H,29,31)/b17-11-. The normalized spacial score (nSPS) is 10.6. The number of rotatable bonds is 9. The number of carbonyl (C=O) groups is 2. The Morgan fingerprint density at radius 1 is 1.08 bits per heavy atom. The van der Waals surface area contributed by atoms with Crippen molar-refractivity contribution in [1.82, 2.24) is 0 Å². The van der Waals surface area contributed by atoms with Crippen LogP contribution in [0.3, 0.4) is 0 Å². The van der Waals surface area contributed by atoms with Gasteiger partial charge < -0.3 is 20.1 Å². The zero-order valence-corrected chi connectivity index (χ0v) is 19.6. The first kappa shape index (κ1) is 25.7. The summed E-state index contributed by atoms with van der Waals surface area (Å²) < 4.78 is 10.8. The van der Waals surface area contributed by atoms with Crippen LogP contribution < -0.4 is 20.1 Å². The summed E-state index contributed by atoms with van der Waals surface area (Å²) in [6, 6.07) is 18.5. The third-order valence-electron chi connectivity index (χ3n) is 4.69. The Morgan fingerprint density at radius 3 is 2.58 bits per heavy atom. The van der Waals surface area contributed by atoms with Crippen LogP contribution in [-0.2, 0) is 9.59 Å². The van der Waals surface area contributed by atoms with Crippen LogP contribution >= 0.6 is 11.6 Å². The minimum Gasteiger partial charge on any atom is -0.495 e. The molecule has 0 bridgehead atoms. The third-order valence-corrected chi connectivity index (χ3v) is 4.93. The van der Waals surface area contributed by atoms with E-state index < -0.39 is 16.7 Å². The van der Waals surface area contributed by atoms with E-state index in [1.165, 1.54) is 55.7 Å². The van der Waals surface area contributed by atoms with Crippen LogP contribution in [0.5, 0.6) is 11.5 Å². The molecule has 0 saturated carbocycles. The van der Waals surface area contributed by atoms with Crippen molar-refractivity contribution in [3.63, 3.8) is 0 Å². The number of nitro benzene ring substituents is 1. The highest BCUT2D eigenvalue weighted by Gasteiger charge is 2.15. The monoisotopic (exact) mass is 506 g/mol. The lowest BCUT2D eigenvalue weighted by Gasteiger charge is -2.12. The smallest absolute Gasteiger partial charge is 0.271 e. The zero-order chi connectivity index (χ0) is 26.1. The molecule has 0 radical (unpaired) electrons. The SMILES string of the molecule is COc1ccccc1NC(=O)COc1ccc(Cl)cc1/C=C(/C#N)C(=O)Nc1cccc([N+](=O)[O-])c1. The number of non-ortho nitro benzene ring substituents is 1. The van der Waals surface area contributed by atoms with Crippen molar-refractivity contribution in [2.24, 2.45) is 0 Å². The minimum absolute atomic E-state index is 0.144. The Bertz CT molecular complexity index is 1380. The number of hydrogen-bond donors (Lipinski definition) is 2. The van der Waals surface area contributed by atoms with Gasteiger partial charge >= 0.3 is 0 Å². The van der Waals surface area contributed by atoms with Gasteiger partial charge in [0.2, 0.25) is 0 Å². The molecule has 0 aliphatic heterocycles. The van der Waals surface area contributed by atoms with E-state index in [9.17, 15) is 25.0 Å². The second kappa shape index (κ2) is 12.0. The van der Waals surface area contributed by atoms with Crippen LogP contribution in [0.4, 0.5) is 17.1 Å². The van der Waals surface area contributed by atoms with Crippen LogP contribution in [0.2, 0.25) is 5.02 Å². The van der Waals surface area contributed by atoms with Gasteiger partial charge in [0.1, 0.15) is 23.1 Å². The molecule has 0 fully saturated rings. The maximum absolute atomic E-state index is 12.6. The van der Waals surface area contributed by atoms with Gasteiger partial charge in [-0.2, -0.15) is 5.26 Å². The van der Waals surface area contributed by atoms with Gasteiger partial charge in [0.15, 0.2) is 6.61 Å². The fourth-order valence-electron chi connectivity index (χ4n) is 3.04. The predicted molar refractivity (Wildman–Crippen MR) is 134 cm³/mol. The van der Waals surface area contributed by atoms with Gasteiger partial charge in [0.25, 0.3) is 17.5 Å². The Balaban J connectivity index is 1.76. The Hall–Kier alpha value is -4.88. The molecule has 0 aliphatic rings. The quantitative estimate of drug-likeness (QED) is 0.183. The first-order valence-electron chi connectivity index (χ1n) is 10.3. The topological polar surface area (TPSA) is 144 Å². The number of ether oxygens (including phenoxy) is 2. The van der Waals surface area contributed by atoms with E-state index in [1.54, 1.807) is 30.3 Å². The average Bonchev–Trinajstić information content (AvgIpc) is 2.87. The fraction of sp³-hybridized carbons (Fsp3) is 0.0800. The van der Waals surface area contributed by atoms with Crippen LogP contribution in [0.25, 0.3) is 6.08 Å². The summed E-state index contributed by atoms with van der Waals surface area (Å²) in [6.07, 6.45) is 1.24. The maximum Gasteiger partial charge on any atom is 0.271 e. The number of para-hydroxylation sites is 2. The van der Waals surface area contributed by atoms with Crippen molar-refractivity contribution in [2.75, 3.05) is 24.4 Å². The van der Waals surface area contributed by atoms with Crippen molar-refractivity contribution >= 4 is 46.6 Å². The van der Waals surface area contributed by atoms with E-state index in [2.05, 4.69) is 10.6 Å². The molecule has 0 unspecified atom stereocenters. The molecule has 36 heavy (non-hydrogen) atoms. The summed E-state index contributed by atoms with van der Waals surface area (Å²) in [4.78, 5) is 35.4. The third kappa shape index (κ3) is 6.82. The van der Waals surface area contributed by atoms with Crippen LogP contribution in [0.15, 0.2) is 72.3 Å². The van der Waals surface area contributed by atoms with Gasteiger partial charge in [-0.05, 0) is 42.5 Å². The molecule has 0 saturated heterocycles. The van der Waals surface area contributed by atoms with Gasteiger partial charge in [-0.3, -0.25) is 19.7 Å². The number of nitrogens with zero attached hydrogens (tertiary/aromatic N) is 2. The summed E-state index contributed by atoms with van der Waals surface area (Å²) >= 11 is 6.08. The Morgan fingerprint density at radius 2 is 1.86 bits per heavy atom. The van der Waals surface area contributed by atoms with E-state index in [0.717, 1.165) is 0 Å². The Labute approximate surface area is 210 Å². The van der Waals surface area contributed by atoms with E-state index in [-0.39, 0.29) is 34.9 Å². The number of anilines is 2. The molecule has 11 heteroatoms. The van der Waals surface area contributed by atoms with Crippen LogP contribution in [0, 0.1) is 21.4 Å². The highest BCUT2D eigenvalue weighted by atomic mass is 35.5. The number of carbonyl (C=O) groups excluding carboxylic acids is 2. The lowest BCUT2D eigenvalue weighted by Crippen LogP contribution is -2.20. The van der Waals surface area contributed by atoms with E-state index >= 15 is 0 Å². The number of amides is 2. The number of nitriles is 1. The number of halogens is 1. The van der Waals surface area contributed by atoms with Crippen molar-refractivity contribution in [3.05, 3.63) is 93.0 Å². The lowest BCUT2D eigenvalue weighted by molar-refractivity contribution is -0.384. The second-order valence-corrected chi connectivity index (χ2v) is 7.59. The van der Waals surface area contributed by atoms with E-state index in [0.29, 0.717) is 16.5 Å². The summed E-state index contributed by atoms with van der Waals surface area (Å²) in [5.74, 6) is -0.578. The van der Waals surface area contributed by atoms with Crippen molar-refractivity contribution in [2.45, 2.75) is 0 Å².